The van der Waals surface area contributed by atoms with Crippen molar-refractivity contribution in [3.8, 4) is 0 Å². The van der Waals surface area contributed by atoms with Gasteiger partial charge < -0.3 is 5.73 Å². The summed E-state index contributed by atoms with van der Waals surface area (Å²) in [6.45, 7) is 3.39. The van der Waals surface area contributed by atoms with Gasteiger partial charge >= 0.3 is 0 Å². The fourth-order valence-corrected chi connectivity index (χ4v) is 2.86. The fourth-order valence-electron chi connectivity index (χ4n) is 2.86. The van der Waals surface area contributed by atoms with Gasteiger partial charge in [-0.05, 0) is 29.2 Å². The van der Waals surface area contributed by atoms with E-state index in [-0.39, 0.29) is 0 Å². The van der Waals surface area contributed by atoms with Crippen LogP contribution in [0.15, 0.2) is 42.5 Å². The molecule has 0 saturated carbocycles. The van der Waals surface area contributed by atoms with Gasteiger partial charge in [-0.1, -0.05) is 61.0 Å². The number of benzene rings is 2. The van der Waals surface area contributed by atoms with E-state index in [0.717, 1.165) is 31.5 Å². The largest absolute Gasteiger partial charge is 0.325 e. The van der Waals surface area contributed by atoms with Gasteiger partial charge in [0.2, 0.25) is 0 Å². The molecule has 0 aliphatic carbocycles. The van der Waals surface area contributed by atoms with Crippen LogP contribution >= 0.6 is 0 Å². The summed E-state index contributed by atoms with van der Waals surface area (Å²) in [6, 6.07) is 14.9. The van der Waals surface area contributed by atoms with Gasteiger partial charge in [0.05, 0.1) is 17.9 Å². The molecule has 4 nitrogen and oxygen atoms in total. The summed E-state index contributed by atoms with van der Waals surface area (Å²) >= 11 is 0. The van der Waals surface area contributed by atoms with Crippen molar-refractivity contribution >= 4 is 10.8 Å². The number of aromatic nitrogens is 3. The Morgan fingerprint density at radius 1 is 1.09 bits per heavy atom. The summed E-state index contributed by atoms with van der Waals surface area (Å²) in [7, 11) is 0. The van der Waals surface area contributed by atoms with Crippen LogP contribution in [0.25, 0.3) is 10.8 Å². The molecule has 0 radical (unpaired) electrons. The zero-order valence-corrected chi connectivity index (χ0v) is 13.0. The van der Waals surface area contributed by atoms with Crippen LogP contribution in [0.4, 0.5) is 0 Å². The van der Waals surface area contributed by atoms with E-state index in [1.807, 2.05) is 4.68 Å². The van der Waals surface area contributed by atoms with Crippen LogP contribution in [0.3, 0.4) is 0 Å². The highest BCUT2D eigenvalue weighted by atomic mass is 15.4. The first kappa shape index (κ1) is 14.7. The smallest absolute Gasteiger partial charge is 0.0994 e. The van der Waals surface area contributed by atoms with Crippen molar-refractivity contribution in [2.24, 2.45) is 5.73 Å². The number of hydrogen-bond acceptors (Lipinski definition) is 3. The fraction of sp³-hybridized carbons (Fsp3) is 0.333. The maximum absolute atomic E-state index is 5.80. The highest BCUT2D eigenvalue weighted by Gasteiger charge is 2.12. The minimum Gasteiger partial charge on any atom is -0.325 e. The van der Waals surface area contributed by atoms with Gasteiger partial charge in [-0.25, -0.2) is 4.68 Å². The Kier molecular flexibility index (Phi) is 4.49. The highest BCUT2D eigenvalue weighted by Crippen LogP contribution is 2.20. The Morgan fingerprint density at radius 3 is 2.73 bits per heavy atom. The molecule has 2 N–H and O–H groups in total. The first-order valence-corrected chi connectivity index (χ1v) is 7.91. The van der Waals surface area contributed by atoms with Crippen molar-refractivity contribution in [2.45, 2.75) is 39.3 Å². The van der Waals surface area contributed by atoms with E-state index < -0.39 is 0 Å². The molecule has 1 aromatic heterocycles. The molecular formula is C18H22N4. The van der Waals surface area contributed by atoms with Crippen LogP contribution in [-0.2, 0) is 19.5 Å². The summed E-state index contributed by atoms with van der Waals surface area (Å²) in [4.78, 5) is 0. The van der Waals surface area contributed by atoms with Gasteiger partial charge in [-0.15, -0.1) is 5.10 Å². The second-order valence-corrected chi connectivity index (χ2v) is 5.59. The standard InChI is InChI=1S/C18H22N4/c1-2-3-11-18-17(12-19)20-21-22(18)13-15-9-6-8-14-7-4-5-10-16(14)15/h4-10H,2-3,11-13,19H2,1H3. The maximum atomic E-state index is 5.80. The lowest BCUT2D eigenvalue weighted by Gasteiger charge is -2.10. The highest BCUT2D eigenvalue weighted by molar-refractivity contribution is 5.85. The molecule has 114 valence electrons. The molecule has 4 heteroatoms. The zero-order chi connectivity index (χ0) is 15.4. The number of rotatable bonds is 6. The van der Waals surface area contributed by atoms with Gasteiger partial charge in [0.1, 0.15) is 0 Å². The topological polar surface area (TPSA) is 56.7 Å². The molecule has 0 saturated heterocycles. The van der Waals surface area contributed by atoms with Gasteiger partial charge in [0.25, 0.3) is 0 Å². The first-order chi connectivity index (χ1) is 10.8. The number of nitrogens with zero attached hydrogens (tertiary/aromatic N) is 3. The Morgan fingerprint density at radius 2 is 1.91 bits per heavy atom. The Hall–Kier alpha value is -2.20. The molecule has 0 unspecified atom stereocenters. The normalized spacial score (nSPS) is 11.2. The molecule has 0 aliphatic heterocycles. The number of unbranched alkanes of at least 4 members (excludes halogenated alkanes) is 1. The Balaban J connectivity index is 1.96. The second kappa shape index (κ2) is 6.71. The summed E-state index contributed by atoms with van der Waals surface area (Å²) in [5.74, 6) is 0. The lowest BCUT2D eigenvalue weighted by molar-refractivity contribution is 0.607. The third-order valence-corrected chi connectivity index (χ3v) is 4.08. The van der Waals surface area contributed by atoms with Crippen LogP contribution in [0, 0.1) is 0 Å². The molecule has 0 amide bonds. The summed E-state index contributed by atoms with van der Waals surface area (Å²) in [5, 5.41) is 11.1. The van der Waals surface area contributed by atoms with Crippen molar-refractivity contribution in [1.82, 2.24) is 15.0 Å². The monoisotopic (exact) mass is 294 g/mol. The molecule has 22 heavy (non-hydrogen) atoms. The molecule has 0 spiro atoms. The van der Waals surface area contributed by atoms with Gasteiger partial charge in [0.15, 0.2) is 0 Å². The van der Waals surface area contributed by atoms with Crippen molar-refractivity contribution in [3.05, 3.63) is 59.4 Å². The summed E-state index contributed by atoms with van der Waals surface area (Å²) in [6.07, 6.45) is 3.28. The predicted octanol–water partition coefficient (Wildman–Crippen LogP) is 3.28. The van der Waals surface area contributed by atoms with E-state index >= 15 is 0 Å². The van der Waals surface area contributed by atoms with Crippen molar-refractivity contribution in [1.29, 1.82) is 0 Å². The van der Waals surface area contributed by atoms with Gasteiger partial charge in [-0.3, -0.25) is 0 Å². The molecule has 3 rings (SSSR count). The van der Waals surface area contributed by atoms with Crippen LogP contribution < -0.4 is 5.73 Å². The number of nitrogens with two attached hydrogens (primary N) is 1. The van der Waals surface area contributed by atoms with Crippen LogP contribution in [0.5, 0.6) is 0 Å². The minimum atomic E-state index is 0.453. The van der Waals surface area contributed by atoms with Gasteiger partial charge in [-0.2, -0.15) is 0 Å². The zero-order valence-electron chi connectivity index (χ0n) is 13.0. The van der Waals surface area contributed by atoms with Gasteiger partial charge in [0, 0.05) is 6.54 Å². The molecule has 0 atom stereocenters. The van der Waals surface area contributed by atoms with Crippen LogP contribution in [0.1, 0.15) is 36.7 Å². The van der Waals surface area contributed by atoms with E-state index in [1.54, 1.807) is 0 Å². The van der Waals surface area contributed by atoms with Crippen molar-refractivity contribution in [2.75, 3.05) is 0 Å². The van der Waals surface area contributed by atoms with Crippen LogP contribution in [-0.4, -0.2) is 15.0 Å². The van der Waals surface area contributed by atoms with E-state index in [0.29, 0.717) is 6.54 Å². The van der Waals surface area contributed by atoms with Crippen molar-refractivity contribution in [3.63, 3.8) is 0 Å². The van der Waals surface area contributed by atoms with E-state index in [2.05, 4.69) is 59.7 Å². The van der Waals surface area contributed by atoms with E-state index in [9.17, 15) is 0 Å². The lowest BCUT2D eigenvalue weighted by atomic mass is 10.0. The average molecular weight is 294 g/mol. The SMILES string of the molecule is CCCCc1c(CN)nnn1Cc1cccc2ccccc12. The molecule has 1 heterocycles. The molecule has 2 aromatic carbocycles. The molecule has 0 bridgehead atoms. The molecule has 0 aliphatic rings. The quantitative estimate of drug-likeness (QED) is 0.759. The Labute approximate surface area is 130 Å². The van der Waals surface area contributed by atoms with E-state index in [4.69, 9.17) is 5.73 Å². The number of fused-ring (bicyclic) bond motifs is 1. The predicted molar refractivity (Wildman–Crippen MR) is 89.6 cm³/mol. The lowest BCUT2D eigenvalue weighted by Crippen LogP contribution is -2.09. The molecule has 0 fully saturated rings. The molecular weight excluding hydrogens is 272 g/mol. The summed E-state index contributed by atoms with van der Waals surface area (Å²) in [5.41, 5.74) is 9.17. The summed E-state index contributed by atoms with van der Waals surface area (Å²) < 4.78 is 2.01. The Bertz CT molecular complexity index is 755. The number of hydrogen-bond donors (Lipinski definition) is 1. The molecule has 3 aromatic rings. The third-order valence-electron chi connectivity index (χ3n) is 4.08. The average Bonchev–Trinajstić information content (AvgIpc) is 2.95. The van der Waals surface area contributed by atoms with E-state index in [1.165, 1.54) is 22.0 Å². The second-order valence-electron chi connectivity index (χ2n) is 5.59. The van der Waals surface area contributed by atoms with Crippen LogP contribution in [0.2, 0.25) is 0 Å². The first-order valence-electron chi connectivity index (χ1n) is 7.91. The van der Waals surface area contributed by atoms with Crippen molar-refractivity contribution < 1.29 is 0 Å². The maximum Gasteiger partial charge on any atom is 0.0994 e. The third kappa shape index (κ3) is 2.88. The minimum absolute atomic E-state index is 0.453.